The summed E-state index contributed by atoms with van der Waals surface area (Å²) in [5.74, 6) is -0.547. The Labute approximate surface area is 115 Å². The van der Waals surface area contributed by atoms with Crippen LogP contribution in [-0.2, 0) is 16.0 Å². The molecule has 0 spiro atoms. The molecule has 0 unspecified atom stereocenters. The smallest absolute Gasteiger partial charge is 0.309 e. The first-order chi connectivity index (χ1) is 9.10. The predicted octanol–water partition coefficient (Wildman–Crippen LogP) is 1.66. The first-order valence-electron chi connectivity index (χ1n) is 6.17. The molecule has 0 saturated carbocycles. The van der Waals surface area contributed by atoms with Gasteiger partial charge in [0.1, 0.15) is 0 Å². The van der Waals surface area contributed by atoms with Gasteiger partial charge in [0, 0.05) is 24.4 Å². The normalized spacial score (nSPS) is 16.3. The van der Waals surface area contributed by atoms with Crippen LogP contribution in [0.5, 0.6) is 0 Å². The second-order valence-electron chi connectivity index (χ2n) is 4.55. The van der Waals surface area contributed by atoms with Crippen LogP contribution in [0.25, 0.3) is 0 Å². The summed E-state index contributed by atoms with van der Waals surface area (Å²) >= 11 is 1.52. The number of nitrogens with zero attached hydrogens (tertiary/aromatic N) is 2. The summed E-state index contributed by atoms with van der Waals surface area (Å²) in [6.07, 6.45) is 3.07. The first kappa shape index (κ1) is 13.7. The summed E-state index contributed by atoms with van der Waals surface area (Å²) < 4.78 is 0. The second-order valence-corrected chi connectivity index (χ2v) is 5.44. The van der Waals surface area contributed by atoms with Gasteiger partial charge in [-0.2, -0.15) is 0 Å². The number of amides is 1. The van der Waals surface area contributed by atoms with E-state index in [4.69, 9.17) is 5.11 Å². The minimum atomic E-state index is -0.858. The summed E-state index contributed by atoms with van der Waals surface area (Å²) in [6.45, 7) is 4.91. The average molecular weight is 280 g/mol. The van der Waals surface area contributed by atoms with Gasteiger partial charge in [0.15, 0.2) is 0 Å². The highest BCUT2D eigenvalue weighted by Gasteiger charge is 2.24. The maximum atomic E-state index is 11.5. The highest BCUT2D eigenvalue weighted by molar-refractivity contribution is 7.09. The van der Waals surface area contributed by atoms with Gasteiger partial charge in [-0.1, -0.05) is 6.58 Å². The number of hydrogen-bond donors (Lipinski definition) is 1. The Bertz CT molecular complexity index is 490. The maximum Gasteiger partial charge on any atom is 0.309 e. The van der Waals surface area contributed by atoms with Gasteiger partial charge in [0.05, 0.1) is 17.1 Å². The quantitative estimate of drug-likeness (QED) is 0.852. The molecule has 0 bridgehead atoms. The highest BCUT2D eigenvalue weighted by Crippen LogP contribution is 2.30. The fourth-order valence-corrected chi connectivity index (χ4v) is 3.21. The lowest BCUT2D eigenvalue weighted by atomic mass is 9.97. The van der Waals surface area contributed by atoms with E-state index in [2.05, 4.69) is 11.6 Å². The van der Waals surface area contributed by atoms with Crippen LogP contribution >= 0.6 is 11.3 Å². The van der Waals surface area contributed by atoms with Crippen LogP contribution in [0.2, 0.25) is 0 Å². The zero-order valence-corrected chi connectivity index (χ0v) is 11.4. The zero-order valence-electron chi connectivity index (χ0n) is 10.5. The van der Waals surface area contributed by atoms with Crippen molar-refractivity contribution in [3.63, 3.8) is 0 Å². The molecule has 102 valence electrons. The molecule has 0 aliphatic carbocycles. The molecule has 2 heterocycles. The number of piperidine rings is 1. The molecule has 0 atom stereocenters. The number of likely N-dealkylation sites (tertiary alicyclic amines) is 1. The van der Waals surface area contributed by atoms with E-state index >= 15 is 0 Å². The van der Waals surface area contributed by atoms with Crippen LogP contribution in [0, 0.1) is 0 Å². The summed E-state index contributed by atoms with van der Waals surface area (Å²) in [4.78, 5) is 28.2. The fourth-order valence-electron chi connectivity index (χ4n) is 2.22. The average Bonchev–Trinajstić information content (AvgIpc) is 2.85. The van der Waals surface area contributed by atoms with E-state index in [1.54, 1.807) is 4.90 Å². The van der Waals surface area contributed by atoms with E-state index in [9.17, 15) is 9.59 Å². The van der Waals surface area contributed by atoms with Crippen LogP contribution in [0.15, 0.2) is 18.0 Å². The van der Waals surface area contributed by atoms with Gasteiger partial charge in [0.2, 0.25) is 5.91 Å². The Morgan fingerprint density at radius 2 is 2.21 bits per heavy atom. The van der Waals surface area contributed by atoms with Crippen LogP contribution in [0.4, 0.5) is 0 Å². The molecular formula is C13H16N2O3S. The van der Waals surface area contributed by atoms with Crippen molar-refractivity contribution in [1.82, 2.24) is 9.88 Å². The molecule has 19 heavy (non-hydrogen) atoms. The molecular weight excluding hydrogens is 264 g/mol. The minimum Gasteiger partial charge on any atom is -0.481 e. The first-order valence-corrected chi connectivity index (χ1v) is 7.05. The van der Waals surface area contributed by atoms with Gasteiger partial charge in [-0.3, -0.25) is 9.59 Å². The lowest BCUT2D eigenvalue weighted by Gasteiger charge is -2.30. The number of carbonyl (C=O) groups is 2. The highest BCUT2D eigenvalue weighted by atomic mass is 32.1. The van der Waals surface area contributed by atoms with Gasteiger partial charge >= 0.3 is 5.97 Å². The monoisotopic (exact) mass is 280 g/mol. The molecule has 2 rings (SSSR count). The third-order valence-electron chi connectivity index (χ3n) is 3.23. The molecule has 6 heteroatoms. The molecule has 1 saturated heterocycles. The van der Waals surface area contributed by atoms with Crippen molar-refractivity contribution in [2.75, 3.05) is 13.1 Å². The third-order valence-corrected chi connectivity index (χ3v) is 4.29. The van der Waals surface area contributed by atoms with Gasteiger partial charge in [-0.25, -0.2) is 4.98 Å². The number of thiazole rings is 1. The molecule has 1 aliphatic rings. The Morgan fingerprint density at radius 1 is 1.53 bits per heavy atom. The minimum absolute atomic E-state index is 0.0235. The van der Waals surface area contributed by atoms with E-state index in [0.717, 1.165) is 17.8 Å². The number of aromatic nitrogens is 1. The van der Waals surface area contributed by atoms with Gasteiger partial charge in [0.25, 0.3) is 0 Å². The van der Waals surface area contributed by atoms with Crippen molar-refractivity contribution >= 4 is 23.2 Å². The Balaban J connectivity index is 1.94. The van der Waals surface area contributed by atoms with Crippen LogP contribution < -0.4 is 0 Å². The van der Waals surface area contributed by atoms with Crippen molar-refractivity contribution < 1.29 is 14.7 Å². The summed E-state index contributed by atoms with van der Waals surface area (Å²) in [7, 11) is 0. The molecule has 1 aliphatic heterocycles. The van der Waals surface area contributed by atoms with Crippen LogP contribution in [0.1, 0.15) is 29.5 Å². The SMILES string of the molecule is C=CC(=O)N1CCC(c2nc(CC(=O)O)cs2)CC1. The van der Waals surface area contributed by atoms with Crippen molar-refractivity contribution in [3.8, 4) is 0 Å². The Hall–Kier alpha value is -1.69. The van der Waals surface area contributed by atoms with Gasteiger partial charge < -0.3 is 10.0 Å². The summed E-state index contributed by atoms with van der Waals surface area (Å²) in [5.41, 5.74) is 0.622. The summed E-state index contributed by atoms with van der Waals surface area (Å²) in [6, 6.07) is 0. The summed E-state index contributed by atoms with van der Waals surface area (Å²) in [5, 5.41) is 11.5. The number of hydrogen-bond acceptors (Lipinski definition) is 4. The molecule has 1 N–H and O–H groups in total. The molecule has 0 radical (unpaired) electrons. The van der Waals surface area contributed by atoms with E-state index in [1.807, 2.05) is 5.38 Å². The topological polar surface area (TPSA) is 70.5 Å². The van der Waals surface area contributed by atoms with Crippen LogP contribution in [0.3, 0.4) is 0 Å². The van der Waals surface area contributed by atoms with Crippen LogP contribution in [-0.4, -0.2) is 40.0 Å². The van der Waals surface area contributed by atoms with E-state index in [1.165, 1.54) is 17.4 Å². The second kappa shape index (κ2) is 5.97. The maximum absolute atomic E-state index is 11.5. The molecule has 1 fully saturated rings. The number of carboxylic acid groups (broad SMARTS) is 1. The number of carbonyl (C=O) groups excluding carboxylic acids is 1. The van der Waals surface area contributed by atoms with E-state index in [0.29, 0.717) is 24.7 Å². The predicted molar refractivity (Wildman–Crippen MR) is 72.2 cm³/mol. The molecule has 5 nitrogen and oxygen atoms in total. The lowest BCUT2D eigenvalue weighted by Crippen LogP contribution is -2.36. The van der Waals surface area contributed by atoms with E-state index in [-0.39, 0.29) is 12.3 Å². The van der Waals surface area contributed by atoms with Crippen molar-refractivity contribution in [1.29, 1.82) is 0 Å². The van der Waals surface area contributed by atoms with Crippen molar-refractivity contribution in [2.45, 2.75) is 25.2 Å². The molecule has 1 aromatic heterocycles. The molecule has 0 aromatic carbocycles. The van der Waals surface area contributed by atoms with Crippen molar-refractivity contribution in [2.24, 2.45) is 0 Å². The van der Waals surface area contributed by atoms with Gasteiger partial charge in [-0.05, 0) is 18.9 Å². The third kappa shape index (κ3) is 3.41. The Morgan fingerprint density at radius 3 is 2.79 bits per heavy atom. The van der Waals surface area contributed by atoms with E-state index < -0.39 is 5.97 Å². The number of rotatable bonds is 4. The Kier molecular flexibility index (Phi) is 4.31. The fraction of sp³-hybridized carbons (Fsp3) is 0.462. The largest absolute Gasteiger partial charge is 0.481 e. The molecule has 1 aromatic rings. The number of aliphatic carboxylic acids is 1. The number of carboxylic acids is 1. The zero-order chi connectivity index (χ0) is 13.8. The molecule has 1 amide bonds. The van der Waals surface area contributed by atoms with Gasteiger partial charge in [-0.15, -0.1) is 11.3 Å². The van der Waals surface area contributed by atoms with Crippen molar-refractivity contribution in [3.05, 3.63) is 28.7 Å². The lowest BCUT2D eigenvalue weighted by molar-refractivity contribution is -0.136. The standard InChI is InChI=1S/C13H16N2O3S/c1-2-11(16)15-5-3-9(4-6-15)13-14-10(8-19-13)7-12(17)18/h2,8-9H,1,3-7H2,(H,17,18).